The van der Waals surface area contributed by atoms with Crippen molar-refractivity contribution in [2.75, 3.05) is 0 Å². The maximum atomic E-state index is 12.4. The average molecular weight is 337 g/mol. The van der Waals surface area contributed by atoms with Crippen LogP contribution in [-0.2, 0) is 17.9 Å². The zero-order valence-electron chi connectivity index (χ0n) is 12.6. The van der Waals surface area contributed by atoms with E-state index in [4.69, 9.17) is 20.4 Å². The van der Waals surface area contributed by atoms with Gasteiger partial charge in [-0.3, -0.25) is 18.7 Å². The summed E-state index contributed by atoms with van der Waals surface area (Å²) in [5, 5.41) is 17.9. The number of carbonyl (C=O) groups is 2. The highest BCUT2D eigenvalue weighted by atomic mass is 16.4. The van der Waals surface area contributed by atoms with Crippen LogP contribution in [-0.4, -0.2) is 37.3 Å². The number of aromatic nitrogens is 2. The van der Waals surface area contributed by atoms with Gasteiger partial charge in [0.1, 0.15) is 6.04 Å². The molecule has 0 unspecified atom stereocenters. The standard InChI is InChI=1S/C14H15N3O7/c1-7-4-16(6-9(15)12(19)20)14(23)17(11(7)18)5-8-2-3-24-10(8)13(21)22/h2-4,9H,5-6,15H2,1H3,(H,19,20)(H,21,22)/t9-/m0/s1. The molecule has 1 atom stereocenters. The Hall–Kier alpha value is -3.14. The molecule has 128 valence electrons. The molecule has 10 heteroatoms. The van der Waals surface area contributed by atoms with Gasteiger partial charge in [-0.1, -0.05) is 0 Å². The summed E-state index contributed by atoms with van der Waals surface area (Å²) in [4.78, 5) is 46.5. The number of rotatable bonds is 6. The topological polar surface area (TPSA) is 158 Å². The van der Waals surface area contributed by atoms with Crippen molar-refractivity contribution in [2.45, 2.75) is 26.1 Å². The Balaban J connectivity index is 2.50. The molecule has 0 radical (unpaired) electrons. The van der Waals surface area contributed by atoms with Crippen LogP contribution >= 0.6 is 0 Å². The minimum absolute atomic E-state index is 0.140. The lowest BCUT2D eigenvalue weighted by Gasteiger charge is -2.13. The van der Waals surface area contributed by atoms with Gasteiger partial charge in [-0.05, 0) is 13.0 Å². The summed E-state index contributed by atoms with van der Waals surface area (Å²) in [5.74, 6) is -3.00. The third-order valence-corrected chi connectivity index (χ3v) is 3.39. The first kappa shape index (κ1) is 17.2. The molecule has 2 rings (SSSR count). The third-order valence-electron chi connectivity index (χ3n) is 3.39. The number of carboxylic acid groups (broad SMARTS) is 2. The Morgan fingerprint density at radius 1 is 1.33 bits per heavy atom. The van der Waals surface area contributed by atoms with Crippen molar-refractivity contribution in [2.24, 2.45) is 5.73 Å². The van der Waals surface area contributed by atoms with E-state index in [0.29, 0.717) is 0 Å². The van der Waals surface area contributed by atoms with Crippen LogP contribution < -0.4 is 17.0 Å². The van der Waals surface area contributed by atoms with Gasteiger partial charge in [0.2, 0.25) is 5.76 Å². The maximum Gasteiger partial charge on any atom is 0.372 e. The number of nitrogens with zero attached hydrogens (tertiary/aromatic N) is 2. The zero-order chi connectivity index (χ0) is 18.0. The molecule has 4 N–H and O–H groups in total. The number of aryl methyl sites for hydroxylation is 1. The normalized spacial score (nSPS) is 12.1. The molecule has 0 aliphatic heterocycles. The van der Waals surface area contributed by atoms with Gasteiger partial charge in [0.05, 0.1) is 19.4 Å². The summed E-state index contributed by atoms with van der Waals surface area (Å²) < 4.78 is 6.63. The SMILES string of the molecule is Cc1cn(C[C@H](N)C(=O)O)c(=O)n(Cc2ccoc2C(=O)O)c1=O. The molecule has 0 aliphatic rings. The predicted octanol–water partition coefficient (Wildman–Crippen LogP) is -0.930. The van der Waals surface area contributed by atoms with E-state index in [9.17, 15) is 19.2 Å². The highest BCUT2D eigenvalue weighted by Gasteiger charge is 2.19. The smallest absolute Gasteiger partial charge is 0.372 e. The zero-order valence-corrected chi connectivity index (χ0v) is 12.6. The van der Waals surface area contributed by atoms with Gasteiger partial charge >= 0.3 is 17.6 Å². The second kappa shape index (κ2) is 6.54. The molecule has 2 aromatic heterocycles. The average Bonchev–Trinajstić information content (AvgIpc) is 2.97. The van der Waals surface area contributed by atoms with E-state index in [2.05, 4.69) is 0 Å². The molecular formula is C14H15N3O7. The van der Waals surface area contributed by atoms with Crippen LogP contribution in [0.15, 0.2) is 32.5 Å². The number of carboxylic acids is 2. The summed E-state index contributed by atoms with van der Waals surface area (Å²) in [7, 11) is 0. The van der Waals surface area contributed by atoms with E-state index in [1.165, 1.54) is 19.2 Å². The molecule has 0 aliphatic carbocycles. The van der Waals surface area contributed by atoms with Gasteiger partial charge in [-0.2, -0.15) is 0 Å². The van der Waals surface area contributed by atoms with Crippen LogP contribution in [0.25, 0.3) is 0 Å². The highest BCUT2D eigenvalue weighted by Crippen LogP contribution is 2.11. The number of aromatic carboxylic acids is 1. The Morgan fingerprint density at radius 3 is 2.58 bits per heavy atom. The van der Waals surface area contributed by atoms with Gasteiger partial charge in [-0.15, -0.1) is 0 Å². The van der Waals surface area contributed by atoms with Crippen molar-refractivity contribution in [3.8, 4) is 0 Å². The van der Waals surface area contributed by atoms with Gasteiger partial charge < -0.3 is 20.4 Å². The van der Waals surface area contributed by atoms with Crippen molar-refractivity contribution in [1.29, 1.82) is 0 Å². The van der Waals surface area contributed by atoms with E-state index in [-0.39, 0.29) is 30.0 Å². The fraction of sp³-hybridized carbons (Fsp3) is 0.286. The molecule has 0 bridgehead atoms. The van der Waals surface area contributed by atoms with Crippen LogP contribution in [0.3, 0.4) is 0 Å². The second-order valence-electron chi connectivity index (χ2n) is 5.16. The lowest BCUT2D eigenvalue weighted by molar-refractivity contribution is -0.138. The third kappa shape index (κ3) is 3.27. The summed E-state index contributed by atoms with van der Waals surface area (Å²) in [6.45, 7) is 0.806. The Morgan fingerprint density at radius 2 is 2.00 bits per heavy atom. The second-order valence-corrected chi connectivity index (χ2v) is 5.16. The number of aliphatic carboxylic acids is 1. The first-order chi connectivity index (χ1) is 11.2. The molecule has 2 heterocycles. The highest BCUT2D eigenvalue weighted by molar-refractivity contribution is 5.86. The monoisotopic (exact) mass is 337 g/mol. The van der Waals surface area contributed by atoms with E-state index in [0.717, 1.165) is 15.4 Å². The van der Waals surface area contributed by atoms with E-state index >= 15 is 0 Å². The van der Waals surface area contributed by atoms with Crippen LogP contribution in [0.5, 0.6) is 0 Å². The van der Waals surface area contributed by atoms with E-state index in [1.54, 1.807) is 0 Å². The minimum atomic E-state index is -1.33. The quantitative estimate of drug-likeness (QED) is 0.610. The first-order valence-electron chi connectivity index (χ1n) is 6.81. The number of hydrogen-bond donors (Lipinski definition) is 3. The van der Waals surface area contributed by atoms with E-state index < -0.39 is 29.2 Å². The van der Waals surface area contributed by atoms with Crippen molar-refractivity contribution < 1.29 is 24.2 Å². The predicted molar refractivity (Wildman–Crippen MR) is 80.1 cm³/mol. The summed E-state index contributed by atoms with van der Waals surface area (Å²) in [6.07, 6.45) is 2.36. The first-order valence-corrected chi connectivity index (χ1v) is 6.81. The van der Waals surface area contributed by atoms with Crippen molar-refractivity contribution in [1.82, 2.24) is 9.13 Å². The number of furan rings is 1. The summed E-state index contributed by atoms with van der Waals surface area (Å²) in [5.41, 5.74) is 4.34. The van der Waals surface area contributed by atoms with Gasteiger partial charge in [0.25, 0.3) is 5.56 Å². The van der Waals surface area contributed by atoms with Crippen molar-refractivity contribution in [3.63, 3.8) is 0 Å². The molecule has 0 spiro atoms. The molecular weight excluding hydrogens is 322 g/mol. The van der Waals surface area contributed by atoms with Crippen LogP contribution in [0, 0.1) is 6.92 Å². The largest absolute Gasteiger partial charge is 0.480 e. The fourth-order valence-electron chi connectivity index (χ4n) is 2.18. The molecule has 0 amide bonds. The number of hydrogen-bond acceptors (Lipinski definition) is 6. The molecule has 0 fully saturated rings. The summed E-state index contributed by atoms with van der Waals surface area (Å²) in [6, 6.07) is 0.0157. The molecule has 24 heavy (non-hydrogen) atoms. The fourth-order valence-corrected chi connectivity index (χ4v) is 2.18. The molecule has 10 nitrogen and oxygen atoms in total. The van der Waals surface area contributed by atoms with Crippen LogP contribution in [0.1, 0.15) is 21.7 Å². The maximum absolute atomic E-state index is 12.4. The van der Waals surface area contributed by atoms with Crippen LogP contribution in [0.2, 0.25) is 0 Å². The van der Waals surface area contributed by atoms with E-state index in [1.807, 2.05) is 0 Å². The Kier molecular flexibility index (Phi) is 4.69. The lowest BCUT2D eigenvalue weighted by atomic mass is 10.2. The molecule has 0 aromatic carbocycles. The van der Waals surface area contributed by atoms with Gasteiger partial charge in [0.15, 0.2) is 0 Å². The Bertz CT molecular complexity index is 906. The molecule has 2 aromatic rings. The van der Waals surface area contributed by atoms with Crippen LogP contribution in [0.4, 0.5) is 0 Å². The Labute approximate surface area is 134 Å². The van der Waals surface area contributed by atoms with Crippen molar-refractivity contribution in [3.05, 3.63) is 56.3 Å². The van der Waals surface area contributed by atoms with Gasteiger partial charge in [-0.25, -0.2) is 9.59 Å². The summed E-state index contributed by atoms with van der Waals surface area (Å²) >= 11 is 0. The molecule has 0 saturated carbocycles. The van der Waals surface area contributed by atoms with Gasteiger partial charge in [0, 0.05) is 17.3 Å². The van der Waals surface area contributed by atoms with Crippen molar-refractivity contribution >= 4 is 11.9 Å². The lowest BCUT2D eigenvalue weighted by Crippen LogP contribution is -2.45. The molecule has 0 saturated heterocycles. The minimum Gasteiger partial charge on any atom is -0.480 e. The number of nitrogens with two attached hydrogens (primary N) is 1.